The predicted molar refractivity (Wildman–Crippen MR) is 82.3 cm³/mol. The van der Waals surface area contributed by atoms with E-state index in [-0.39, 0.29) is 0 Å². The summed E-state index contributed by atoms with van der Waals surface area (Å²) in [6, 6.07) is 14.9. The van der Waals surface area contributed by atoms with Crippen molar-refractivity contribution < 1.29 is 9.84 Å². The number of hydrogen-bond donors (Lipinski definition) is 2. The van der Waals surface area contributed by atoms with E-state index < -0.39 is 6.10 Å². The van der Waals surface area contributed by atoms with E-state index in [2.05, 4.69) is 11.4 Å². The van der Waals surface area contributed by atoms with Gasteiger partial charge in [0.05, 0.1) is 24.8 Å². The van der Waals surface area contributed by atoms with Crippen LogP contribution >= 0.6 is 0 Å². The molecule has 0 amide bonds. The number of nitrogens with one attached hydrogen (secondary N) is 1. The lowest BCUT2D eigenvalue weighted by Gasteiger charge is -2.15. The van der Waals surface area contributed by atoms with E-state index in [0.29, 0.717) is 17.9 Å². The molecule has 2 rings (SSSR count). The SMILES string of the molecule is COc1cccc(C(O)CNc2cc(C#N)ccc2C)c1. The summed E-state index contributed by atoms with van der Waals surface area (Å²) in [6.07, 6.45) is -0.648. The maximum Gasteiger partial charge on any atom is 0.119 e. The van der Waals surface area contributed by atoms with E-state index in [1.54, 1.807) is 19.2 Å². The molecule has 1 unspecified atom stereocenters. The van der Waals surface area contributed by atoms with Crippen LogP contribution in [0.3, 0.4) is 0 Å². The van der Waals surface area contributed by atoms with Crippen LogP contribution < -0.4 is 10.1 Å². The highest BCUT2D eigenvalue weighted by Crippen LogP contribution is 2.21. The first-order valence-corrected chi connectivity index (χ1v) is 6.70. The molecule has 0 aliphatic carbocycles. The molecule has 0 aromatic heterocycles. The molecule has 0 fully saturated rings. The molecule has 4 nitrogen and oxygen atoms in total. The second-order valence-electron chi connectivity index (χ2n) is 4.81. The van der Waals surface area contributed by atoms with Gasteiger partial charge in [-0.1, -0.05) is 18.2 Å². The minimum Gasteiger partial charge on any atom is -0.497 e. The van der Waals surface area contributed by atoms with Crippen molar-refractivity contribution in [3.63, 3.8) is 0 Å². The Bertz CT molecular complexity index is 662. The first-order chi connectivity index (χ1) is 10.1. The fourth-order valence-corrected chi connectivity index (χ4v) is 2.06. The number of hydrogen-bond acceptors (Lipinski definition) is 4. The van der Waals surface area contributed by atoms with Crippen molar-refractivity contribution in [2.24, 2.45) is 0 Å². The van der Waals surface area contributed by atoms with E-state index >= 15 is 0 Å². The van der Waals surface area contributed by atoms with E-state index in [1.807, 2.05) is 37.3 Å². The first kappa shape index (κ1) is 14.9. The van der Waals surface area contributed by atoms with Crippen LogP contribution in [0.1, 0.15) is 22.8 Å². The smallest absolute Gasteiger partial charge is 0.119 e. The summed E-state index contributed by atoms with van der Waals surface area (Å²) in [5.74, 6) is 0.717. The zero-order valence-electron chi connectivity index (χ0n) is 12.1. The largest absolute Gasteiger partial charge is 0.497 e. The van der Waals surface area contributed by atoms with Gasteiger partial charge in [-0.25, -0.2) is 0 Å². The molecular formula is C17H18N2O2. The third kappa shape index (κ3) is 3.74. The molecule has 0 aliphatic heterocycles. The number of anilines is 1. The van der Waals surface area contributed by atoms with Gasteiger partial charge in [-0.3, -0.25) is 0 Å². The Morgan fingerprint density at radius 2 is 2.10 bits per heavy atom. The molecule has 0 radical (unpaired) electrons. The Labute approximate surface area is 124 Å². The van der Waals surface area contributed by atoms with Gasteiger partial charge in [0.25, 0.3) is 0 Å². The van der Waals surface area contributed by atoms with Crippen molar-refractivity contribution >= 4 is 5.69 Å². The number of aliphatic hydroxyl groups excluding tert-OH is 1. The summed E-state index contributed by atoms with van der Waals surface area (Å²) in [5.41, 5.74) is 3.28. The van der Waals surface area contributed by atoms with Gasteiger partial charge in [-0.2, -0.15) is 5.26 Å². The Balaban J connectivity index is 2.07. The molecule has 2 aromatic carbocycles. The number of aryl methyl sites for hydroxylation is 1. The molecule has 21 heavy (non-hydrogen) atoms. The molecule has 0 heterocycles. The molecule has 1 atom stereocenters. The molecule has 108 valence electrons. The Morgan fingerprint density at radius 3 is 2.81 bits per heavy atom. The van der Waals surface area contributed by atoms with Crippen LogP contribution in [0.5, 0.6) is 5.75 Å². The summed E-state index contributed by atoms with van der Waals surface area (Å²) in [6.45, 7) is 2.32. The Kier molecular flexibility index (Phi) is 4.81. The van der Waals surface area contributed by atoms with Crippen molar-refractivity contribution in [2.75, 3.05) is 19.0 Å². The van der Waals surface area contributed by atoms with Crippen LogP contribution in [-0.2, 0) is 0 Å². The molecule has 2 aromatic rings. The number of nitriles is 1. The van der Waals surface area contributed by atoms with Gasteiger partial charge in [0.15, 0.2) is 0 Å². The highest BCUT2D eigenvalue weighted by atomic mass is 16.5. The average molecular weight is 282 g/mol. The lowest BCUT2D eigenvalue weighted by Crippen LogP contribution is -2.13. The van der Waals surface area contributed by atoms with Crippen LogP contribution in [0.2, 0.25) is 0 Å². The topological polar surface area (TPSA) is 65.3 Å². The first-order valence-electron chi connectivity index (χ1n) is 6.70. The Hall–Kier alpha value is -2.51. The van der Waals surface area contributed by atoms with Gasteiger partial charge in [0, 0.05) is 12.2 Å². The molecule has 0 aliphatic rings. The lowest BCUT2D eigenvalue weighted by atomic mass is 10.1. The number of rotatable bonds is 5. The van der Waals surface area contributed by atoms with Crippen molar-refractivity contribution in [2.45, 2.75) is 13.0 Å². The standard InChI is InChI=1S/C17H18N2O2/c1-12-6-7-13(10-18)8-16(12)19-11-17(20)14-4-3-5-15(9-14)21-2/h3-9,17,19-20H,11H2,1-2H3. The quantitative estimate of drug-likeness (QED) is 0.884. The van der Waals surface area contributed by atoms with Crippen LogP contribution in [0.4, 0.5) is 5.69 Å². The molecule has 0 bridgehead atoms. The summed E-state index contributed by atoms with van der Waals surface area (Å²) < 4.78 is 5.15. The third-order valence-corrected chi connectivity index (χ3v) is 3.33. The normalized spacial score (nSPS) is 11.5. The zero-order chi connectivity index (χ0) is 15.2. The summed E-state index contributed by atoms with van der Waals surface area (Å²) in [5, 5.41) is 22.3. The maximum absolute atomic E-state index is 10.2. The predicted octanol–water partition coefficient (Wildman–Crippen LogP) is 3.02. The second kappa shape index (κ2) is 6.78. The van der Waals surface area contributed by atoms with E-state index in [9.17, 15) is 5.11 Å². The number of ether oxygens (including phenoxy) is 1. The van der Waals surface area contributed by atoms with Crippen molar-refractivity contribution in [1.29, 1.82) is 5.26 Å². The van der Waals surface area contributed by atoms with Crippen molar-refractivity contribution in [3.8, 4) is 11.8 Å². The average Bonchev–Trinajstić information content (AvgIpc) is 2.53. The molecule has 0 saturated heterocycles. The van der Waals surface area contributed by atoms with Crippen LogP contribution in [0.15, 0.2) is 42.5 Å². The van der Waals surface area contributed by atoms with Crippen LogP contribution in [0, 0.1) is 18.3 Å². The molecule has 0 spiro atoms. The number of methoxy groups -OCH3 is 1. The van der Waals surface area contributed by atoms with E-state index in [4.69, 9.17) is 10.00 Å². The highest BCUT2D eigenvalue weighted by Gasteiger charge is 2.09. The minimum atomic E-state index is -0.648. The number of nitrogens with zero attached hydrogens (tertiary/aromatic N) is 1. The van der Waals surface area contributed by atoms with Crippen molar-refractivity contribution in [1.82, 2.24) is 0 Å². The maximum atomic E-state index is 10.2. The minimum absolute atomic E-state index is 0.364. The van der Waals surface area contributed by atoms with E-state index in [1.165, 1.54) is 0 Å². The van der Waals surface area contributed by atoms with Gasteiger partial charge in [-0.05, 0) is 42.3 Å². The fraction of sp³-hybridized carbons (Fsp3) is 0.235. The van der Waals surface area contributed by atoms with E-state index in [0.717, 1.165) is 16.8 Å². The van der Waals surface area contributed by atoms with Gasteiger partial charge in [-0.15, -0.1) is 0 Å². The summed E-state index contributed by atoms with van der Waals surface area (Å²) in [7, 11) is 1.60. The van der Waals surface area contributed by atoms with Gasteiger partial charge in [0.2, 0.25) is 0 Å². The van der Waals surface area contributed by atoms with Gasteiger partial charge >= 0.3 is 0 Å². The van der Waals surface area contributed by atoms with Crippen LogP contribution in [-0.4, -0.2) is 18.8 Å². The molecule has 0 saturated carbocycles. The molecule has 4 heteroatoms. The second-order valence-corrected chi connectivity index (χ2v) is 4.81. The van der Waals surface area contributed by atoms with Crippen LogP contribution in [0.25, 0.3) is 0 Å². The third-order valence-electron chi connectivity index (χ3n) is 3.33. The highest BCUT2D eigenvalue weighted by molar-refractivity contribution is 5.55. The monoisotopic (exact) mass is 282 g/mol. The Morgan fingerprint density at radius 1 is 1.29 bits per heavy atom. The zero-order valence-corrected chi connectivity index (χ0v) is 12.1. The van der Waals surface area contributed by atoms with Crippen molar-refractivity contribution in [3.05, 3.63) is 59.2 Å². The molecule has 2 N–H and O–H groups in total. The lowest BCUT2D eigenvalue weighted by molar-refractivity contribution is 0.191. The number of aliphatic hydroxyl groups is 1. The summed E-state index contributed by atoms with van der Waals surface area (Å²) >= 11 is 0. The fourth-order valence-electron chi connectivity index (χ4n) is 2.06. The summed E-state index contributed by atoms with van der Waals surface area (Å²) in [4.78, 5) is 0. The van der Waals surface area contributed by atoms with Gasteiger partial charge < -0.3 is 15.2 Å². The molecular weight excluding hydrogens is 264 g/mol. The van der Waals surface area contributed by atoms with Gasteiger partial charge in [0.1, 0.15) is 5.75 Å². The number of benzene rings is 2.